The third-order valence-corrected chi connectivity index (χ3v) is 5.11. The lowest BCUT2D eigenvalue weighted by atomic mass is 9.97. The monoisotopic (exact) mass is 349 g/mol. The Bertz CT molecular complexity index is 824. The highest BCUT2D eigenvalue weighted by molar-refractivity contribution is 5.95. The number of nitrogens with zero attached hydrogens (tertiary/aromatic N) is 4. The van der Waals surface area contributed by atoms with Crippen LogP contribution in [0.1, 0.15) is 36.0 Å². The number of likely N-dealkylation sites (tertiary alicyclic amines) is 1. The third kappa shape index (κ3) is 3.54. The fourth-order valence-electron chi connectivity index (χ4n) is 3.66. The zero-order valence-electron chi connectivity index (χ0n) is 14.7. The van der Waals surface area contributed by atoms with E-state index in [1.165, 1.54) is 6.42 Å². The first kappa shape index (κ1) is 16.6. The lowest BCUT2D eigenvalue weighted by Gasteiger charge is -2.36. The quantitative estimate of drug-likeness (QED) is 0.768. The van der Waals surface area contributed by atoms with Gasteiger partial charge in [0.05, 0.1) is 12.0 Å². The average molecular weight is 349 g/mol. The van der Waals surface area contributed by atoms with Gasteiger partial charge in [-0.25, -0.2) is 4.98 Å². The average Bonchev–Trinajstić information content (AvgIpc) is 3.40. The molecule has 3 aromatic rings. The van der Waals surface area contributed by atoms with E-state index < -0.39 is 0 Å². The molecule has 4 rings (SSSR count). The second kappa shape index (κ2) is 7.56. The molecule has 0 unspecified atom stereocenters. The number of imidazole rings is 1. The highest BCUT2D eigenvalue weighted by Crippen LogP contribution is 2.24. The van der Waals surface area contributed by atoms with E-state index in [1.54, 1.807) is 12.4 Å². The Morgan fingerprint density at radius 2 is 2.04 bits per heavy atom. The number of nitrogens with one attached hydrogen (secondary N) is 1. The number of rotatable bonds is 5. The summed E-state index contributed by atoms with van der Waals surface area (Å²) >= 11 is 0. The molecule has 26 heavy (non-hydrogen) atoms. The molecule has 3 heterocycles. The number of piperidine rings is 1. The van der Waals surface area contributed by atoms with Gasteiger partial charge >= 0.3 is 0 Å². The van der Waals surface area contributed by atoms with Gasteiger partial charge in [0.1, 0.15) is 0 Å². The first-order valence-electron chi connectivity index (χ1n) is 9.18. The minimum atomic E-state index is 0.136. The van der Waals surface area contributed by atoms with Crippen LogP contribution in [0.25, 0.3) is 11.3 Å². The van der Waals surface area contributed by atoms with Crippen molar-refractivity contribution in [2.75, 3.05) is 6.54 Å². The molecule has 6 heteroatoms. The summed E-state index contributed by atoms with van der Waals surface area (Å²) in [6.07, 6.45) is 11.7. The van der Waals surface area contributed by atoms with E-state index in [0.717, 1.165) is 49.2 Å². The Hall–Kier alpha value is -2.89. The van der Waals surface area contributed by atoms with Crippen LogP contribution < -0.4 is 0 Å². The van der Waals surface area contributed by atoms with Gasteiger partial charge in [-0.1, -0.05) is 12.1 Å². The molecule has 1 aliphatic rings. The smallest absolute Gasteiger partial charge is 0.254 e. The van der Waals surface area contributed by atoms with Gasteiger partial charge in [0.25, 0.3) is 5.91 Å². The first-order chi connectivity index (χ1) is 12.8. The molecule has 6 nitrogen and oxygen atoms in total. The number of carbonyl (C=O) groups excluding carboxylic acids is 1. The van der Waals surface area contributed by atoms with Gasteiger partial charge in [-0.2, -0.15) is 5.10 Å². The number of hydrogen-bond acceptors (Lipinski definition) is 3. The largest absolute Gasteiger partial charge is 0.337 e. The summed E-state index contributed by atoms with van der Waals surface area (Å²) in [5, 5.41) is 6.92. The highest BCUT2D eigenvalue weighted by atomic mass is 16.2. The van der Waals surface area contributed by atoms with E-state index in [-0.39, 0.29) is 5.91 Å². The number of aromatic amines is 1. The summed E-state index contributed by atoms with van der Waals surface area (Å²) in [7, 11) is 0. The number of benzene rings is 1. The van der Waals surface area contributed by atoms with E-state index >= 15 is 0 Å². The summed E-state index contributed by atoms with van der Waals surface area (Å²) < 4.78 is 2.08. The van der Waals surface area contributed by atoms with Crippen molar-refractivity contribution in [2.24, 2.45) is 0 Å². The fraction of sp³-hybridized carbons (Fsp3) is 0.350. The standard InChI is InChI=1S/C20H23N5O/c26-20(17-6-4-16(5-7-17)19-8-10-22-23-19)25-12-2-1-3-18(25)9-13-24-14-11-21-15-24/h4-8,10-11,14-15,18H,1-3,9,12-13H2,(H,22,23)/t18-/m0/s1. The van der Waals surface area contributed by atoms with Crippen molar-refractivity contribution in [3.05, 3.63) is 60.8 Å². The van der Waals surface area contributed by atoms with Crippen molar-refractivity contribution < 1.29 is 4.79 Å². The number of aromatic nitrogens is 4. The zero-order valence-corrected chi connectivity index (χ0v) is 14.7. The summed E-state index contributed by atoms with van der Waals surface area (Å²) in [5.41, 5.74) is 2.75. The molecule has 1 atom stereocenters. The lowest BCUT2D eigenvalue weighted by Crippen LogP contribution is -2.44. The maximum Gasteiger partial charge on any atom is 0.254 e. The lowest BCUT2D eigenvalue weighted by molar-refractivity contribution is 0.0595. The van der Waals surface area contributed by atoms with Gasteiger partial charge in [0, 0.05) is 43.3 Å². The molecule has 1 aliphatic heterocycles. The molecular formula is C20H23N5O. The summed E-state index contributed by atoms with van der Waals surface area (Å²) in [6, 6.07) is 10.0. The number of hydrogen-bond donors (Lipinski definition) is 1. The minimum Gasteiger partial charge on any atom is -0.337 e. The van der Waals surface area contributed by atoms with Gasteiger partial charge in [-0.3, -0.25) is 9.89 Å². The maximum absolute atomic E-state index is 13.1. The van der Waals surface area contributed by atoms with Crippen molar-refractivity contribution >= 4 is 5.91 Å². The van der Waals surface area contributed by atoms with E-state index in [4.69, 9.17) is 0 Å². The number of H-pyrrole nitrogens is 1. The second-order valence-electron chi connectivity index (χ2n) is 6.79. The maximum atomic E-state index is 13.1. The van der Waals surface area contributed by atoms with Gasteiger partial charge in [0.15, 0.2) is 0 Å². The predicted octanol–water partition coefficient (Wildman–Crippen LogP) is 3.36. The Morgan fingerprint density at radius 3 is 2.77 bits per heavy atom. The molecule has 0 bridgehead atoms. The predicted molar refractivity (Wildman–Crippen MR) is 99.5 cm³/mol. The van der Waals surface area contributed by atoms with Crippen LogP contribution in [0.4, 0.5) is 0 Å². The topological polar surface area (TPSA) is 66.8 Å². The van der Waals surface area contributed by atoms with E-state index in [9.17, 15) is 4.79 Å². The van der Waals surface area contributed by atoms with Crippen LogP contribution in [0.5, 0.6) is 0 Å². The molecule has 0 radical (unpaired) electrons. The van der Waals surface area contributed by atoms with E-state index in [1.807, 2.05) is 42.9 Å². The van der Waals surface area contributed by atoms with Crippen LogP contribution in [-0.2, 0) is 6.54 Å². The van der Waals surface area contributed by atoms with Crippen LogP contribution in [0, 0.1) is 0 Å². The Kier molecular flexibility index (Phi) is 4.82. The van der Waals surface area contributed by atoms with Gasteiger partial charge < -0.3 is 9.47 Å². The first-order valence-corrected chi connectivity index (χ1v) is 9.18. The van der Waals surface area contributed by atoms with Gasteiger partial charge in [-0.05, 0) is 49.4 Å². The number of carbonyl (C=O) groups is 1. The van der Waals surface area contributed by atoms with Crippen LogP contribution in [0.15, 0.2) is 55.2 Å². The molecule has 1 saturated heterocycles. The fourth-order valence-corrected chi connectivity index (χ4v) is 3.66. The molecule has 1 N–H and O–H groups in total. The minimum absolute atomic E-state index is 0.136. The van der Waals surface area contributed by atoms with Crippen molar-refractivity contribution in [3.63, 3.8) is 0 Å². The second-order valence-corrected chi connectivity index (χ2v) is 6.79. The van der Waals surface area contributed by atoms with Crippen molar-refractivity contribution in [2.45, 2.75) is 38.3 Å². The van der Waals surface area contributed by atoms with Crippen molar-refractivity contribution in [1.29, 1.82) is 0 Å². The van der Waals surface area contributed by atoms with Gasteiger partial charge in [-0.15, -0.1) is 0 Å². The van der Waals surface area contributed by atoms with Crippen molar-refractivity contribution in [3.8, 4) is 11.3 Å². The molecular weight excluding hydrogens is 326 g/mol. The summed E-state index contributed by atoms with van der Waals surface area (Å²) in [4.78, 5) is 19.2. The molecule has 1 fully saturated rings. The van der Waals surface area contributed by atoms with Crippen molar-refractivity contribution in [1.82, 2.24) is 24.6 Å². The normalized spacial score (nSPS) is 17.4. The summed E-state index contributed by atoms with van der Waals surface area (Å²) in [5.74, 6) is 0.136. The third-order valence-electron chi connectivity index (χ3n) is 5.11. The molecule has 2 aromatic heterocycles. The molecule has 0 spiro atoms. The Morgan fingerprint density at radius 1 is 1.15 bits per heavy atom. The SMILES string of the molecule is O=C(c1ccc(-c2ccn[nH]2)cc1)N1CCCC[C@H]1CCn1ccnc1. The molecule has 1 amide bonds. The van der Waals surface area contributed by atoms with Crippen LogP contribution in [-0.4, -0.2) is 43.1 Å². The number of amides is 1. The molecule has 1 aromatic carbocycles. The zero-order chi connectivity index (χ0) is 17.8. The Labute approximate surface area is 152 Å². The van der Waals surface area contributed by atoms with Gasteiger partial charge in [0.2, 0.25) is 0 Å². The molecule has 0 saturated carbocycles. The summed E-state index contributed by atoms with van der Waals surface area (Å²) in [6.45, 7) is 1.74. The number of aryl methyl sites for hydroxylation is 1. The van der Waals surface area contributed by atoms with Crippen LogP contribution in [0.3, 0.4) is 0 Å². The molecule has 134 valence electrons. The van der Waals surface area contributed by atoms with Crippen LogP contribution >= 0.6 is 0 Å². The van der Waals surface area contributed by atoms with Crippen LogP contribution in [0.2, 0.25) is 0 Å². The van der Waals surface area contributed by atoms with E-state index in [2.05, 4.69) is 24.6 Å². The highest BCUT2D eigenvalue weighted by Gasteiger charge is 2.27. The Balaban J connectivity index is 1.46. The molecule has 0 aliphatic carbocycles. The van der Waals surface area contributed by atoms with E-state index in [0.29, 0.717) is 6.04 Å².